The summed E-state index contributed by atoms with van der Waals surface area (Å²) in [5.74, 6) is 6.59. The molecule has 2 unspecified atom stereocenters. The summed E-state index contributed by atoms with van der Waals surface area (Å²) < 4.78 is 7.19. The first kappa shape index (κ1) is 12.8. The lowest BCUT2D eigenvalue weighted by Gasteiger charge is -2.16. The highest BCUT2D eigenvalue weighted by molar-refractivity contribution is 5.38. The molecule has 1 aliphatic heterocycles. The summed E-state index contributed by atoms with van der Waals surface area (Å²) >= 11 is 0. The number of rotatable bonds is 4. The molecule has 2 aromatic heterocycles. The third kappa shape index (κ3) is 2.53. The lowest BCUT2D eigenvalue weighted by atomic mass is 10.2. The number of hydrazine groups is 1. The summed E-state index contributed by atoms with van der Waals surface area (Å²) in [4.78, 5) is 16.7. The summed E-state index contributed by atoms with van der Waals surface area (Å²) in [6.45, 7) is 2.75. The average molecular weight is 276 g/mol. The van der Waals surface area contributed by atoms with Gasteiger partial charge >= 0.3 is 0 Å². The average Bonchev–Trinajstić information content (AvgIpc) is 3.11. The van der Waals surface area contributed by atoms with Gasteiger partial charge in [-0.25, -0.2) is 10.8 Å². The molecule has 4 N–H and O–H groups in total. The van der Waals surface area contributed by atoms with E-state index in [1.807, 2.05) is 6.92 Å². The van der Waals surface area contributed by atoms with Gasteiger partial charge in [0.15, 0.2) is 0 Å². The van der Waals surface area contributed by atoms with Crippen molar-refractivity contribution in [3.63, 3.8) is 0 Å². The van der Waals surface area contributed by atoms with Crippen molar-refractivity contribution in [1.29, 1.82) is 0 Å². The van der Waals surface area contributed by atoms with Crippen LogP contribution in [0.25, 0.3) is 5.95 Å². The first-order chi connectivity index (χ1) is 9.76. The molecule has 1 fully saturated rings. The maximum atomic E-state index is 5.51. The Morgan fingerprint density at radius 2 is 2.20 bits per heavy atom. The van der Waals surface area contributed by atoms with E-state index in [0.29, 0.717) is 11.9 Å². The Morgan fingerprint density at radius 1 is 1.35 bits per heavy atom. The molecule has 0 aliphatic carbocycles. The fourth-order valence-electron chi connectivity index (χ4n) is 2.07. The van der Waals surface area contributed by atoms with Crippen LogP contribution in [0.15, 0.2) is 18.7 Å². The number of nitrogens with one attached hydrogen (secondary N) is 2. The van der Waals surface area contributed by atoms with Crippen molar-refractivity contribution < 1.29 is 4.74 Å². The van der Waals surface area contributed by atoms with Crippen molar-refractivity contribution in [3.8, 4) is 5.95 Å². The zero-order valence-electron chi connectivity index (χ0n) is 11.0. The standard InChI is InChI=1S/C11H16N8O/c1-7-8(2-5-20-7)14-9-15-10(18-12)17-11(16-9)19-4-3-13-6-19/h3-4,6-8H,2,5,12H2,1H3,(H2,14,15,16,17,18). The largest absolute Gasteiger partial charge is 0.376 e. The second-order valence-electron chi connectivity index (χ2n) is 4.51. The van der Waals surface area contributed by atoms with Crippen LogP contribution in [0.2, 0.25) is 0 Å². The van der Waals surface area contributed by atoms with E-state index in [2.05, 4.69) is 30.7 Å². The number of hydrogen-bond donors (Lipinski definition) is 3. The molecule has 0 amide bonds. The Balaban J connectivity index is 1.88. The van der Waals surface area contributed by atoms with Gasteiger partial charge in [0.05, 0.1) is 12.1 Å². The maximum Gasteiger partial charge on any atom is 0.243 e. The number of ether oxygens (including phenoxy) is 1. The van der Waals surface area contributed by atoms with Crippen LogP contribution < -0.4 is 16.6 Å². The summed E-state index contributed by atoms with van der Waals surface area (Å²) in [5, 5.41) is 3.25. The SMILES string of the molecule is CC1OCCC1Nc1nc(NN)nc(-n2ccnc2)n1. The number of imidazole rings is 1. The van der Waals surface area contributed by atoms with E-state index >= 15 is 0 Å². The van der Waals surface area contributed by atoms with Crippen LogP contribution in [0, 0.1) is 0 Å². The summed E-state index contributed by atoms with van der Waals surface area (Å²) in [6, 6.07) is 0.179. The van der Waals surface area contributed by atoms with Crippen molar-refractivity contribution in [1.82, 2.24) is 24.5 Å². The van der Waals surface area contributed by atoms with E-state index in [1.165, 1.54) is 0 Å². The second-order valence-corrected chi connectivity index (χ2v) is 4.51. The van der Waals surface area contributed by atoms with Crippen LogP contribution in [0.5, 0.6) is 0 Å². The molecule has 2 atom stereocenters. The molecule has 0 saturated carbocycles. The lowest BCUT2D eigenvalue weighted by molar-refractivity contribution is 0.121. The summed E-state index contributed by atoms with van der Waals surface area (Å²) in [6.07, 6.45) is 6.05. The Bertz CT molecular complexity index is 572. The van der Waals surface area contributed by atoms with Gasteiger partial charge in [-0.15, -0.1) is 0 Å². The number of hydrogen-bond acceptors (Lipinski definition) is 8. The molecule has 0 spiro atoms. The van der Waals surface area contributed by atoms with Gasteiger partial charge in [0.2, 0.25) is 17.8 Å². The smallest absolute Gasteiger partial charge is 0.243 e. The minimum absolute atomic E-state index is 0.123. The quantitative estimate of drug-likeness (QED) is 0.525. The zero-order chi connectivity index (χ0) is 13.9. The Labute approximate surface area is 115 Å². The van der Waals surface area contributed by atoms with E-state index in [-0.39, 0.29) is 18.1 Å². The molecule has 0 bridgehead atoms. The minimum Gasteiger partial charge on any atom is -0.376 e. The number of aromatic nitrogens is 5. The van der Waals surface area contributed by atoms with E-state index in [0.717, 1.165) is 13.0 Å². The highest BCUT2D eigenvalue weighted by Crippen LogP contribution is 2.17. The number of nitrogen functional groups attached to an aromatic ring is 1. The number of nitrogens with two attached hydrogens (primary N) is 1. The Kier molecular flexibility index (Phi) is 3.44. The van der Waals surface area contributed by atoms with Gasteiger partial charge in [-0.1, -0.05) is 0 Å². The summed E-state index contributed by atoms with van der Waals surface area (Å²) in [7, 11) is 0. The third-order valence-electron chi connectivity index (χ3n) is 3.18. The van der Waals surface area contributed by atoms with Gasteiger partial charge < -0.3 is 10.1 Å². The van der Waals surface area contributed by atoms with Crippen LogP contribution in [-0.2, 0) is 4.74 Å². The molecule has 0 radical (unpaired) electrons. The molecule has 0 aromatic carbocycles. The van der Waals surface area contributed by atoms with Gasteiger partial charge in [-0.3, -0.25) is 9.99 Å². The van der Waals surface area contributed by atoms with Gasteiger partial charge in [0.25, 0.3) is 0 Å². The molecule has 1 aliphatic rings. The van der Waals surface area contributed by atoms with Gasteiger partial charge in [0.1, 0.15) is 6.33 Å². The predicted molar refractivity (Wildman–Crippen MR) is 72.2 cm³/mol. The van der Waals surface area contributed by atoms with Crippen LogP contribution in [0.4, 0.5) is 11.9 Å². The molecule has 3 rings (SSSR count). The fourth-order valence-corrected chi connectivity index (χ4v) is 2.07. The molecule has 106 valence electrons. The minimum atomic E-state index is 0.123. The molecule has 1 saturated heterocycles. The van der Waals surface area contributed by atoms with E-state index in [4.69, 9.17) is 10.6 Å². The van der Waals surface area contributed by atoms with Crippen LogP contribution in [0.1, 0.15) is 13.3 Å². The van der Waals surface area contributed by atoms with E-state index in [9.17, 15) is 0 Å². The molecule has 2 aromatic rings. The van der Waals surface area contributed by atoms with Crippen molar-refractivity contribution in [2.24, 2.45) is 5.84 Å². The molecular formula is C11H16N8O. The molecule has 3 heterocycles. The van der Waals surface area contributed by atoms with Crippen molar-refractivity contribution in [2.75, 3.05) is 17.3 Å². The van der Waals surface area contributed by atoms with Gasteiger partial charge in [0, 0.05) is 19.0 Å². The lowest BCUT2D eigenvalue weighted by Crippen LogP contribution is -2.28. The van der Waals surface area contributed by atoms with Crippen molar-refractivity contribution >= 4 is 11.9 Å². The number of anilines is 2. The summed E-state index contributed by atoms with van der Waals surface area (Å²) in [5.41, 5.74) is 2.44. The highest BCUT2D eigenvalue weighted by Gasteiger charge is 2.25. The molecular weight excluding hydrogens is 260 g/mol. The van der Waals surface area contributed by atoms with E-state index in [1.54, 1.807) is 23.3 Å². The topological polar surface area (TPSA) is 116 Å². The third-order valence-corrected chi connectivity index (χ3v) is 3.18. The Morgan fingerprint density at radius 3 is 2.85 bits per heavy atom. The second kappa shape index (κ2) is 5.39. The normalized spacial score (nSPS) is 21.9. The molecule has 9 heteroatoms. The number of nitrogens with zero attached hydrogens (tertiary/aromatic N) is 5. The van der Waals surface area contributed by atoms with Crippen LogP contribution >= 0.6 is 0 Å². The van der Waals surface area contributed by atoms with Crippen molar-refractivity contribution in [2.45, 2.75) is 25.5 Å². The first-order valence-corrected chi connectivity index (χ1v) is 6.35. The monoisotopic (exact) mass is 276 g/mol. The maximum absolute atomic E-state index is 5.51. The fraction of sp³-hybridized carbons (Fsp3) is 0.455. The van der Waals surface area contributed by atoms with Crippen LogP contribution in [-0.4, -0.2) is 43.3 Å². The molecule has 9 nitrogen and oxygen atoms in total. The van der Waals surface area contributed by atoms with Crippen molar-refractivity contribution in [3.05, 3.63) is 18.7 Å². The first-order valence-electron chi connectivity index (χ1n) is 6.35. The van der Waals surface area contributed by atoms with Crippen LogP contribution in [0.3, 0.4) is 0 Å². The Hall–Kier alpha value is -2.26. The van der Waals surface area contributed by atoms with E-state index < -0.39 is 0 Å². The highest BCUT2D eigenvalue weighted by atomic mass is 16.5. The zero-order valence-corrected chi connectivity index (χ0v) is 11.0. The van der Waals surface area contributed by atoms with Gasteiger partial charge in [-0.05, 0) is 13.3 Å². The van der Waals surface area contributed by atoms with Gasteiger partial charge in [-0.2, -0.15) is 15.0 Å². The molecule has 20 heavy (non-hydrogen) atoms. The predicted octanol–water partition coefficient (Wildman–Crippen LogP) is -0.0678.